The first-order valence-corrected chi connectivity index (χ1v) is 7.22. The van der Waals surface area contributed by atoms with Crippen molar-refractivity contribution in [1.82, 2.24) is 0 Å². The molecule has 3 rings (SSSR count). The lowest BCUT2D eigenvalue weighted by Gasteiger charge is -2.34. The van der Waals surface area contributed by atoms with Crippen LogP contribution >= 0.6 is 0 Å². The second-order valence-corrected chi connectivity index (χ2v) is 5.29. The van der Waals surface area contributed by atoms with Crippen molar-refractivity contribution < 1.29 is 14.3 Å². The van der Waals surface area contributed by atoms with Crippen LogP contribution in [0.15, 0.2) is 12.1 Å². The number of unbranched alkanes of at least 4 members (excludes halogenated alkanes) is 2. The number of anilines is 2. The number of fused-ring (bicyclic) bond motifs is 2. The average Bonchev–Trinajstić information content (AvgIpc) is 2.88. The third kappa shape index (κ3) is 2.17. The molecule has 1 amide bonds. The van der Waals surface area contributed by atoms with Gasteiger partial charge in [-0.1, -0.05) is 19.8 Å². The van der Waals surface area contributed by atoms with Crippen molar-refractivity contribution in [2.24, 2.45) is 0 Å². The Morgan fingerprint density at radius 1 is 1.30 bits per heavy atom. The number of hydrogen-bond acceptors (Lipinski definition) is 4. The van der Waals surface area contributed by atoms with Gasteiger partial charge in [0.1, 0.15) is 6.04 Å². The Hall–Kier alpha value is -1.91. The first-order chi connectivity index (χ1) is 9.70. The third-order valence-corrected chi connectivity index (χ3v) is 3.78. The minimum Gasteiger partial charge on any atom is -0.454 e. The summed E-state index contributed by atoms with van der Waals surface area (Å²) in [6, 6.07) is 3.62. The second kappa shape index (κ2) is 5.23. The lowest BCUT2D eigenvalue weighted by atomic mass is 10.1. The van der Waals surface area contributed by atoms with Gasteiger partial charge in [-0.05, 0) is 13.3 Å². The van der Waals surface area contributed by atoms with Crippen LogP contribution < -0.4 is 19.7 Å². The number of carbonyl (C=O) groups excluding carboxylic acids is 1. The number of carbonyl (C=O) groups is 1. The molecule has 0 aliphatic carbocycles. The molecule has 20 heavy (non-hydrogen) atoms. The molecule has 0 bridgehead atoms. The van der Waals surface area contributed by atoms with E-state index in [1.54, 1.807) is 0 Å². The van der Waals surface area contributed by atoms with E-state index in [0.717, 1.165) is 42.9 Å². The Morgan fingerprint density at radius 2 is 2.05 bits per heavy atom. The van der Waals surface area contributed by atoms with E-state index in [-0.39, 0.29) is 18.7 Å². The molecule has 0 saturated heterocycles. The molecule has 0 fully saturated rings. The van der Waals surface area contributed by atoms with Gasteiger partial charge in [-0.3, -0.25) is 4.79 Å². The minimum absolute atomic E-state index is 0.118. The molecule has 2 aliphatic heterocycles. The van der Waals surface area contributed by atoms with Crippen LogP contribution in [0.1, 0.15) is 33.1 Å². The van der Waals surface area contributed by atoms with E-state index in [1.807, 2.05) is 24.0 Å². The van der Waals surface area contributed by atoms with Crippen molar-refractivity contribution in [2.75, 3.05) is 23.6 Å². The quantitative estimate of drug-likeness (QED) is 0.859. The Labute approximate surface area is 118 Å². The molecule has 1 aromatic carbocycles. The van der Waals surface area contributed by atoms with Gasteiger partial charge < -0.3 is 19.7 Å². The Kier molecular flexibility index (Phi) is 3.42. The molecule has 0 radical (unpaired) electrons. The maximum atomic E-state index is 12.4. The monoisotopic (exact) mass is 276 g/mol. The molecular weight excluding hydrogens is 256 g/mol. The standard InChI is InChI=1S/C15H20N2O3/c1-3-4-5-6-17-12-8-14-13(19-9-20-14)7-11(12)16-10(2)15(17)18/h7-8,10,16H,3-6,9H2,1-2H3. The van der Waals surface area contributed by atoms with Crippen molar-refractivity contribution >= 4 is 17.3 Å². The van der Waals surface area contributed by atoms with Gasteiger partial charge in [-0.25, -0.2) is 0 Å². The number of nitrogens with zero attached hydrogens (tertiary/aromatic N) is 1. The summed E-state index contributed by atoms with van der Waals surface area (Å²) in [5, 5.41) is 3.23. The lowest BCUT2D eigenvalue weighted by molar-refractivity contribution is -0.119. The highest BCUT2D eigenvalue weighted by atomic mass is 16.7. The van der Waals surface area contributed by atoms with Crippen LogP contribution in [0.2, 0.25) is 0 Å². The predicted octanol–water partition coefficient (Wildman–Crippen LogP) is 2.75. The molecule has 108 valence electrons. The first kappa shape index (κ1) is 13.1. The van der Waals surface area contributed by atoms with E-state index in [4.69, 9.17) is 9.47 Å². The van der Waals surface area contributed by atoms with Crippen LogP contribution in [-0.2, 0) is 4.79 Å². The molecule has 1 aromatic rings. The van der Waals surface area contributed by atoms with Gasteiger partial charge in [0.25, 0.3) is 0 Å². The lowest BCUT2D eigenvalue weighted by Crippen LogP contribution is -2.46. The van der Waals surface area contributed by atoms with E-state index >= 15 is 0 Å². The number of benzene rings is 1. The van der Waals surface area contributed by atoms with Gasteiger partial charge in [0, 0.05) is 18.7 Å². The number of nitrogens with one attached hydrogen (secondary N) is 1. The molecule has 5 nitrogen and oxygen atoms in total. The SMILES string of the molecule is CCCCCN1C(=O)C(C)Nc2cc3c(cc21)OCO3. The van der Waals surface area contributed by atoms with Gasteiger partial charge in [-0.15, -0.1) is 0 Å². The summed E-state index contributed by atoms with van der Waals surface area (Å²) < 4.78 is 10.8. The molecule has 5 heteroatoms. The summed E-state index contributed by atoms with van der Waals surface area (Å²) >= 11 is 0. The van der Waals surface area contributed by atoms with Gasteiger partial charge >= 0.3 is 0 Å². The topological polar surface area (TPSA) is 50.8 Å². The number of rotatable bonds is 4. The van der Waals surface area contributed by atoms with Crippen LogP contribution in [0.4, 0.5) is 11.4 Å². The Bertz CT molecular complexity index is 530. The Balaban J connectivity index is 1.92. The average molecular weight is 276 g/mol. The van der Waals surface area contributed by atoms with E-state index < -0.39 is 0 Å². The van der Waals surface area contributed by atoms with E-state index in [0.29, 0.717) is 5.75 Å². The zero-order chi connectivity index (χ0) is 14.1. The molecule has 1 N–H and O–H groups in total. The van der Waals surface area contributed by atoms with Crippen molar-refractivity contribution in [3.05, 3.63) is 12.1 Å². The normalized spacial score (nSPS) is 19.8. The molecule has 0 aromatic heterocycles. The first-order valence-electron chi connectivity index (χ1n) is 7.22. The molecule has 2 aliphatic rings. The fraction of sp³-hybridized carbons (Fsp3) is 0.533. The van der Waals surface area contributed by atoms with E-state index in [9.17, 15) is 4.79 Å². The largest absolute Gasteiger partial charge is 0.454 e. The summed E-state index contributed by atoms with van der Waals surface area (Å²) in [6.07, 6.45) is 3.29. The summed E-state index contributed by atoms with van der Waals surface area (Å²) in [5.74, 6) is 1.58. The van der Waals surface area contributed by atoms with Gasteiger partial charge in [-0.2, -0.15) is 0 Å². The van der Waals surface area contributed by atoms with Gasteiger partial charge in [0.05, 0.1) is 11.4 Å². The second-order valence-electron chi connectivity index (χ2n) is 5.29. The number of hydrogen-bond donors (Lipinski definition) is 1. The van der Waals surface area contributed by atoms with E-state index in [2.05, 4.69) is 12.2 Å². The van der Waals surface area contributed by atoms with Crippen LogP contribution in [0.25, 0.3) is 0 Å². The molecular formula is C15H20N2O3. The summed E-state index contributed by atoms with van der Waals surface area (Å²) in [7, 11) is 0. The summed E-state index contributed by atoms with van der Waals surface area (Å²) in [4.78, 5) is 14.2. The van der Waals surface area contributed by atoms with Crippen LogP contribution in [-0.4, -0.2) is 25.3 Å². The van der Waals surface area contributed by atoms with Crippen molar-refractivity contribution in [3.63, 3.8) is 0 Å². The number of ether oxygens (including phenoxy) is 2. The fourth-order valence-electron chi connectivity index (χ4n) is 2.67. The predicted molar refractivity (Wildman–Crippen MR) is 77.5 cm³/mol. The maximum absolute atomic E-state index is 12.4. The zero-order valence-corrected chi connectivity index (χ0v) is 11.9. The molecule has 2 heterocycles. The van der Waals surface area contributed by atoms with Crippen molar-refractivity contribution in [3.8, 4) is 11.5 Å². The maximum Gasteiger partial charge on any atom is 0.249 e. The number of amides is 1. The van der Waals surface area contributed by atoms with Crippen LogP contribution in [0.3, 0.4) is 0 Å². The highest BCUT2D eigenvalue weighted by molar-refractivity contribution is 6.05. The zero-order valence-electron chi connectivity index (χ0n) is 11.9. The summed E-state index contributed by atoms with van der Waals surface area (Å²) in [6.45, 7) is 5.06. The van der Waals surface area contributed by atoms with E-state index in [1.165, 1.54) is 0 Å². The smallest absolute Gasteiger partial charge is 0.249 e. The minimum atomic E-state index is -0.204. The summed E-state index contributed by atoms with van der Waals surface area (Å²) in [5.41, 5.74) is 1.84. The highest BCUT2D eigenvalue weighted by Crippen LogP contribution is 2.43. The molecule has 1 atom stereocenters. The van der Waals surface area contributed by atoms with Gasteiger partial charge in [0.15, 0.2) is 11.5 Å². The highest BCUT2D eigenvalue weighted by Gasteiger charge is 2.31. The molecule has 0 spiro atoms. The van der Waals surface area contributed by atoms with Crippen LogP contribution in [0, 0.1) is 0 Å². The third-order valence-electron chi connectivity index (χ3n) is 3.78. The van der Waals surface area contributed by atoms with Crippen molar-refractivity contribution in [2.45, 2.75) is 39.2 Å². The van der Waals surface area contributed by atoms with Gasteiger partial charge in [0.2, 0.25) is 12.7 Å². The molecule has 1 unspecified atom stereocenters. The fourth-order valence-corrected chi connectivity index (χ4v) is 2.67. The van der Waals surface area contributed by atoms with Crippen molar-refractivity contribution in [1.29, 1.82) is 0 Å². The molecule has 0 saturated carbocycles. The Morgan fingerprint density at radius 3 is 2.80 bits per heavy atom. The van der Waals surface area contributed by atoms with Crippen LogP contribution in [0.5, 0.6) is 11.5 Å².